The van der Waals surface area contributed by atoms with Crippen molar-refractivity contribution in [2.45, 2.75) is 33.1 Å². The maximum atomic E-state index is 13.0. The summed E-state index contributed by atoms with van der Waals surface area (Å²) in [5.41, 5.74) is 3.12. The van der Waals surface area contributed by atoms with Gasteiger partial charge in [0.1, 0.15) is 11.6 Å². The van der Waals surface area contributed by atoms with Crippen LogP contribution in [0.2, 0.25) is 0 Å². The minimum absolute atomic E-state index is 0.0578. The highest BCUT2D eigenvalue weighted by molar-refractivity contribution is 7.89. The monoisotopic (exact) mass is 405 g/mol. The first-order valence-corrected chi connectivity index (χ1v) is 11.4. The standard InChI is InChI=1S/C22H28FNO3S/c1-17-3-4-18(2)22(15-17)27-16-20-9-12-24(13-10-20)28(25,26)14-11-19-5-7-21(23)8-6-19/h3-8,15,20H,9-14,16H2,1-2H3. The second-order valence-electron chi connectivity index (χ2n) is 7.61. The number of ether oxygens (including phenoxy) is 1. The average molecular weight is 406 g/mol. The van der Waals surface area contributed by atoms with Gasteiger partial charge in [-0.3, -0.25) is 0 Å². The zero-order chi connectivity index (χ0) is 20.1. The number of hydrogen-bond acceptors (Lipinski definition) is 3. The molecule has 0 aromatic heterocycles. The topological polar surface area (TPSA) is 46.6 Å². The quantitative estimate of drug-likeness (QED) is 0.697. The Labute approximate surface area is 167 Å². The lowest BCUT2D eigenvalue weighted by Crippen LogP contribution is -2.41. The molecule has 0 N–H and O–H groups in total. The predicted molar refractivity (Wildman–Crippen MR) is 110 cm³/mol. The first kappa shape index (κ1) is 20.8. The molecule has 2 aromatic rings. The number of piperidine rings is 1. The Morgan fingerprint density at radius 3 is 2.43 bits per heavy atom. The predicted octanol–water partition coefficient (Wildman–Crippen LogP) is 4.11. The van der Waals surface area contributed by atoms with E-state index in [0.29, 0.717) is 32.0 Å². The Morgan fingerprint density at radius 2 is 1.75 bits per heavy atom. The van der Waals surface area contributed by atoms with E-state index in [1.165, 1.54) is 17.7 Å². The first-order chi connectivity index (χ1) is 13.3. The van der Waals surface area contributed by atoms with E-state index in [-0.39, 0.29) is 11.6 Å². The van der Waals surface area contributed by atoms with Crippen molar-refractivity contribution in [2.24, 2.45) is 5.92 Å². The normalized spacial score (nSPS) is 16.2. The third-order valence-corrected chi connectivity index (χ3v) is 7.22. The summed E-state index contributed by atoms with van der Waals surface area (Å²) >= 11 is 0. The minimum atomic E-state index is -3.30. The summed E-state index contributed by atoms with van der Waals surface area (Å²) in [6.07, 6.45) is 2.01. The van der Waals surface area contributed by atoms with Crippen molar-refractivity contribution in [3.8, 4) is 5.75 Å². The van der Waals surface area contributed by atoms with Crippen LogP contribution in [0, 0.1) is 25.6 Å². The smallest absolute Gasteiger partial charge is 0.214 e. The van der Waals surface area contributed by atoms with E-state index >= 15 is 0 Å². The summed E-state index contributed by atoms with van der Waals surface area (Å²) in [5, 5.41) is 0. The molecule has 0 radical (unpaired) electrons. The van der Waals surface area contributed by atoms with Gasteiger partial charge in [0.2, 0.25) is 10.0 Å². The van der Waals surface area contributed by atoms with Gasteiger partial charge in [-0.05, 0) is 73.9 Å². The molecule has 2 aromatic carbocycles. The van der Waals surface area contributed by atoms with Crippen molar-refractivity contribution in [3.05, 3.63) is 65.0 Å². The van der Waals surface area contributed by atoms with Crippen molar-refractivity contribution < 1.29 is 17.5 Å². The summed E-state index contributed by atoms with van der Waals surface area (Å²) in [6.45, 7) is 5.76. The molecule has 1 heterocycles. The van der Waals surface area contributed by atoms with Gasteiger partial charge in [0, 0.05) is 13.1 Å². The van der Waals surface area contributed by atoms with E-state index in [0.717, 1.165) is 29.7 Å². The fourth-order valence-corrected chi connectivity index (χ4v) is 4.97. The van der Waals surface area contributed by atoms with Gasteiger partial charge in [-0.1, -0.05) is 24.3 Å². The number of aryl methyl sites for hydroxylation is 3. The highest BCUT2D eigenvalue weighted by Gasteiger charge is 2.28. The Balaban J connectivity index is 1.47. The molecule has 28 heavy (non-hydrogen) atoms. The molecule has 4 nitrogen and oxygen atoms in total. The number of nitrogens with zero attached hydrogens (tertiary/aromatic N) is 1. The molecule has 1 fully saturated rings. The van der Waals surface area contributed by atoms with Crippen LogP contribution in [0.25, 0.3) is 0 Å². The van der Waals surface area contributed by atoms with Crippen LogP contribution in [0.5, 0.6) is 5.75 Å². The van der Waals surface area contributed by atoms with Crippen molar-refractivity contribution in [1.82, 2.24) is 4.31 Å². The largest absolute Gasteiger partial charge is 0.493 e. The number of halogens is 1. The molecule has 0 saturated carbocycles. The van der Waals surface area contributed by atoms with E-state index in [9.17, 15) is 12.8 Å². The van der Waals surface area contributed by atoms with Crippen LogP contribution in [0.3, 0.4) is 0 Å². The summed E-state index contributed by atoms with van der Waals surface area (Å²) < 4.78 is 45.8. The summed E-state index contributed by atoms with van der Waals surface area (Å²) in [5.74, 6) is 1.03. The SMILES string of the molecule is Cc1ccc(C)c(OCC2CCN(S(=O)(=O)CCc3ccc(F)cc3)CC2)c1. The summed E-state index contributed by atoms with van der Waals surface area (Å²) in [4.78, 5) is 0. The Morgan fingerprint density at radius 1 is 1.07 bits per heavy atom. The second-order valence-corrected chi connectivity index (χ2v) is 9.70. The lowest BCUT2D eigenvalue weighted by atomic mass is 9.99. The lowest BCUT2D eigenvalue weighted by molar-refractivity contribution is 0.184. The van der Waals surface area contributed by atoms with Gasteiger partial charge in [0.05, 0.1) is 12.4 Å². The van der Waals surface area contributed by atoms with Crippen LogP contribution < -0.4 is 4.74 Å². The first-order valence-electron chi connectivity index (χ1n) is 9.76. The Bertz CT molecular complexity index is 888. The van der Waals surface area contributed by atoms with E-state index in [4.69, 9.17) is 4.74 Å². The third kappa shape index (κ3) is 5.55. The Kier molecular flexibility index (Phi) is 6.73. The van der Waals surface area contributed by atoms with Gasteiger partial charge in [0.25, 0.3) is 0 Å². The zero-order valence-electron chi connectivity index (χ0n) is 16.5. The lowest BCUT2D eigenvalue weighted by Gasteiger charge is -2.31. The Hall–Kier alpha value is -1.92. The minimum Gasteiger partial charge on any atom is -0.493 e. The molecule has 6 heteroatoms. The average Bonchev–Trinajstić information content (AvgIpc) is 2.68. The molecule has 152 valence electrons. The molecule has 1 saturated heterocycles. The van der Waals surface area contributed by atoms with Gasteiger partial charge in [-0.15, -0.1) is 0 Å². The molecular formula is C22H28FNO3S. The van der Waals surface area contributed by atoms with Gasteiger partial charge in [0.15, 0.2) is 0 Å². The highest BCUT2D eigenvalue weighted by Crippen LogP contribution is 2.24. The van der Waals surface area contributed by atoms with Crippen molar-refractivity contribution in [2.75, 3.05) is 25.4 Å². The van der Waals surface area contributed by atoms with E-state index in [1.807, 2.05) is 19.9 Å². The number of benzene rings is 2. The zero-order valence-corrected chi connectivity index (χ0v) is 17.3. The molecule has 0 unspecified atom stereocenters. The number of rotatable bonds is 7. The fourth-order valence-electron chi connectivity index (χ4n) is 3.45. The molecule has 1 aliphatic heterocycles. The van der Waals surface area contributed by atoms with Crippen LogP contribution in [-0.2, 0) is 16.4 Å². The molecule has 0 bridgehead atoms. The van der Waals surface area contributed by atoms with E-state index in [2.05, 4.69) is 12.1 Å². The fraction of sp³-hybridized carbons (Fsp3) is 0.455. The highest BCUT2D eigenvalue weighted by atomic mass is 32.2. The summed E-state index contributed by atoms with van der Waals surface area (Å²) in [7, 11) is -3.30. The van der Waals surface area contributed by atoms with E-state index < -0.39 is 10.0 Å². The van der Waals surface area contributed by atoms with Crippen LogP contribution in [0.15, 0.2) is 42.5 Å². The molecule has 0 atom stereocenters. The van der Waals surface area contributed by atoms with Crippen LogP contribution in [0.4, 0.5) is 4.39 Å². The molecule has 1 aliphatic rings. The van der Waals surface area contributed by atoms with Crippen molar-refractivity contribution >= 4 is 10.0 Å². The molecule has 0 aliphatic carbocycles. The van der Waals surface area contributed by atoms with Crippen molar-refractivity contribution in [1.29, 1.82) is 0 Å². The molecule has 0 amide bonds. The van der Waals surface area contributed by atoms with Crippen LogP contribution in [0.1, 0.15) is 29.5 Å². The van der Waals surface area contributed by atoms with Crippen molar-refractivity contribution in [3.63, 3.8) is 0 Å². The molecule has 0 spiro atoms. The molecule has 3 rings (SSSR count). The van der Waals surface area contributed by atoms with E-state index in [1.54, 1.807) is 16.4 Å². The maximum Gasteiger partial charge on any atom is 0.214 e. The van der Waals surface area contributed by atoms with Crippen LogP contribution >= 0.6 is 0 Å². The van der Waals surface area contributed by atoms with Gasteiger partial charge in [-0.25, -0.2) is 17.1 Å². The maximum absolute atomic E-state index is 13.0. The van der Waals surface area contributed by atoms with Gasteiger partial charge in [-0.2, -0.15) is 0 Å². The van der Waals surface area contributed by atoms with Gasteiger partial charge < -0.3 is 4.74 Å². The second kappa shape index (κ2) is 9.05. The molecular weight excluding hydrogens is 377 g/mol. The van der Waals surface area contributed by atoms with Gasteiger partial charge >= 0.3 is 0 Å². The number of sulfonamides is 1. The summed E-state index contributed by atoms with van der Waals surface area (Å²) in [6, 6.07) is 12.2. The third-order valence-electron chi connectivity index (χ3n) is 5.35. The van der Waals surface area contributed by atoms with Crippen LogP contribution in [-0.4, -0.2) is 38.2 Å². The number of hydrogen-bond donors (Lipinski definition) is 0.